The van der Waals surface area contributed by atoms with Gasteiger partial charge >= 0.3 is 6.03 Å². The normalized spacial score (nSPS) is 16.3. The van der Waals surface area contributed by atoms with Gasteiger partial charge in [-0.25, -0.2) is 4.79 Å². The van der Waals surface area contributed by atoms with Gasteiger partial charge in [0.15, 0.2) is 0 Å². The number of hydrogen-bond donors (Lipinski definition) is 1. The van der Waals surface area contributed by atoms with E-state index in [1.807, 2.05) is 17.5 Å². The molecular weight excluding hydrogens is 444 g/mol. The first-order valence-corrected chi connectivity index (χ1v) is 11.3. The molecule has 1 aliphatic heterocycles. The molecule has 4 heterocycles. The average Bonchev–Trinajstić information content (AvgIpc) is 3.43. The number of thiophene rings is 2. The molecule has 0 aliphatic carbocycles. The van der Waals surface area contributed by atoms with Crippen LogP contribution in [0.3, 0.4) is 0 Å². The van der Waals surface area contributed by atoms with Gasteiger partial charge in [0.05, 0.1) is 33.3 Å². The zero-order valence-electron chi connectivity index (χ0n) is 16.1. The van der Waals surface area contributed by atoms with Crippen LogP contribution in [0.5, 0.6) is 0 Å². The number of likely N-dealkylation sites (N-methyl/N-ethyl adjacent to an activating group) is 1. The van der Waals surface area contributed by atoms with Gasteiger partial charge in [0.1, 0.15) is 0 Å². The van der Waals surface area contributed by atoms with Gasteiger partial charge in [-0.2, -0.15) is 0 Å². The zero-order valence-corrected chi connectivity index (χ0v) is 18.5. The van der Waals surface area contributed by atoms with Crippen molar-refractivity contribution in [2.24, 2.45) is 0 Å². The van der Waals surface area contributed by atoms with Crippen LogP contribution in [-0.2, 0) is 6.54 Å². The minimum absolute atomic E-state index is 0.0648. The molecule has 0 radical (unpaired) electrons. The highest BCUT2D eigenvalue weighted by Gasteiger charge is 2.36. The summed E-state index contributed by atoms with van der Waals surface area (Å²) in [6.45, 7) is 1.29. The van der Waals surface area contributed by atoms with Crippen LogP contribution < -0.4 is 15.8 Å². The molecule has 0 saturated carbocycles. The summed E-state index contributed by atoms with van der Waals surface area (Å²) in [7, 11) is 1.74. The van der Waals surface area contributed by atoms with Crippen LogP contribution in [0.15, 0.2) is 52.8 Å². The highest BCUT2D eigenvalue weighted by molar-refractivity contribution is 7.18. The quantitative estimate of drug-likeness (QED) is 0.610. The highest BCUT2D eigenvalue weighted by Crippen LogP contribution is 2.30. The topological polar surface area (TPSA) is 74.7 Å². The van der Waals surface area contributed by atoms with E-state index < -0.39 is 0 Å². The summed E-state index contributed by atoms with van der Waals surface area (Å²) < 4.78 is 2.18. The fourth-order valence-corrected chi connectivity index (χ4v) is 5.13. The second-order valence-corrected chi connectivity index (χ2v) is 9.54. The maximum absolute atomic E-state index is 12.7. The molecule has 7 nitrogen and oxygen atoms in total. The molecule has 1 fully saturated rings. The van der Waals surface area contributed by atoms with Gasteiger partial charge in [0.2, 0.25) is 0 Å². The number of urea groups is 1. The number of aromatic nitrogens is 1. The minimum atomic E-state index is -0.196. The Morgan fingerprint density at radius 3 is 2.83 bits per heavy atom. The predicted octanol–water partition coefficient (Wildman–Crippen LogP) is 3.34. The molecule has 1 saturated heterocycles. The molecule has 0 spiro atoms. The second kappa shape index (κ2) is 8.63. The molecule has 3 aromatic heterocycles. The number of rotatable bonds is 6. The lowest BCUT2D eigenvalue weighted by atomic mass is 10.2. The van der Waals surface area contributed by atoms with Crippen molar-refractivity contribution in [2.75, 3.05) is 25.0 Å². The molecule has 3 aromatic rings. The number of hydrogen-bond acceptors (Lipinski definition) is 5. The number of carbonyl (C=O) groups excluding carboxylic acids is 2. The average molecular weight is 463 g/mol. The summed E-state index contributed by atoms with van der Waals surface area (Å²) in [6, 6.07) is 10.1. The maximum atomic E-state index is 12.7. The summed E-state index contributed by atoms with van der Waals surface area (Å²) in [4.78, 5) is 40.8. The molecule has 1 N–H and O–H groups in total. The fraction of sp³-hybridized carbons (Fsp3) is 0.250. The van der Waals surface area contributed by atoms with Crippen molar-refractivity contribution in [2.45, 2.75) is 12.6 Å². The van der Waals surface area contributed by atoms with E-state index in [4.69, 9.17) is 11.6 Å². The van der Waals surface area contributed by atoms with Gasteiger partial charge in [-0.05, 0) is 35.2 Å². The third kappa shape index (κ3) is 4.28. The molecule has 0 aromatic carbocycles. The number of nitrogens with one attached hydrogen (secondary N) is 1. The molecule has 30 heavy (non-hydrogen) atoms. The van der Waals surface area contributed by atoms with Gasteiger partial charge in [-0.15, -0.1) is 22.7 Å². The Balaban J connectivity index is 1.40. The lowest BCUT2D eigenvalue weighted by Crippen LogP contribution is -2.40. The van der Waals surface area contributed by atoms with E-state index in [9.17, 15) is 14.4 Å². The van der Waals surface area contributed by atoms with Gasteiger partial charge in [0.25, 0.3) is 11.5 Å². The molecule has 10 heteroatoms. The Hall–Kier alpha value is -2.62. The molecule has 156 valence electrons. The predicted molar refractivity (Wildman–Crippen MR) is 120 cm³/mol. The lowest BCUT2D eigenvalue weighted by Gasteiger charge is -2.17. The molecule has 3 amide bonds. The van der Waals surface area contributed by atoms with Gasteiger partial charge < -0.3 is 14.8 Å². The van der Waals surface area contributed by atoms with Crippen LogP contribution in [-0.4, -0.2) is 47.6 Å². The number of anilines is 1. The van der Waals surface area contributed by atoms with Crippen LogP contribution in [0.2, 0.25) is 4.34 Å². The van der Waals surface area contributed by atoms with E-state index in [2.05, 4.69) is 5.32 Å². The van der Waals surface area contributed by atoms with Gasteiger partial charge in [0, 0.05) is 25.9 Å². The van der Waals surface area contributed by atoms with Crippen molar-refractivity contribution in [1.29, 1.82) is 0 Å². The lowest BCUT2D eigenvalue weighted by molar-refractivity contribution is 0.0949. The second-order valence-electron chi connectivity index (χ2n) is 6.93. The minimum Gasteiger partial charge on any atom is -0.349 e. The summed E-state index contributed by atoms with van der Waals surface area (Å²) >= 11 is 8.57. The van der Waals surface area contributed by atoms with Crippen LogP contribution in [0.4, 0.5) is 9.80 Å². The van der Waals surface area contributed by atoms with Crippen molar-refractivity contribution >= 4 is 51.2 Å². The van der Waals surface area contributed by atoms with E-state index in [0.717, 1.165) is 10.6 Å². The zero-order chi connectivity index (χ0) is 21.3. The standard InChI is InChI=1S/C20H19ClN4O3S2/c1-23-14(9-22-19(27)15-5-6-16(21)30-15)11-25(20(23)28)18-8-13(12-29-18)10-24-7-3-2-4-17(24)26/h2-8,12,14H,9-11H2,1H3,(H,22,27)/t14-/m0/s1. The fourth-order valence-electron chi connectivity index (χ4n) is 3.25. The third-order valence-corrected chi connectivity index (χ3v) is 7.16. The Kier molecular flexibility index (Phi) is 5.94. The van der Waals surface area contributed by atoms with Crippen molar-refractivity contribution in [3.8, 4) is 0 Å². The maximum Gasteiger partial charge on any atom is 0.325 e. The van der Waals surface area contributed by atoms with Crippen LogP contribution >= 0.6 is 34.3 Å². The van der Waals surface area contributed by atoms with Crippen molar-refractivity contribution in [3.05, 3.63) is 73.1 Å². The summed E-state index contributed by atoms with van der Waals surface area (Å²) in [5.74, 6) is -0.196. The summed E-state index contributed by atoms with van der Waals surface area (Å²) in [5, 5.41) is 5.66. The first-order valence-electron chi connectivity index (χ1n) is 9.23. The largest absolute Gasteiger partial charge is 0.349 e. The van der Waals surface area contributed by atoms with Gasteiger partial charge in [-0.3, -0.25) is 14.5 Å². The molecule has 0 bridgehead atoms. The number of carbonyl (C=O) groups is 2. The van der Waals surface area contributed by atoms with E-state index in [0.29, 0.717) is 28.8 Å². The Morgan fingerprint density at radius 2 is 2.10 bits per heavy atom. The summed E-state index contributed by atoms with van der Waals surface area (Å²) in [6.07, 6.45) is 1.74. The van der Waals surface area contributed by atoms with Crippen molar-refractivity contribution in [1.82, 2.24) is 14.8 Å². The molecule has 1 aliphatic rings. The Labute approximate surface area is 186 Å². The van der Waals surface area contributed by atoms with E-state index >= 15 is 0 Å². The van der Waals surface area contributed by atoms with E-state index in [-0.39, 0.29) is 23.5 Å². The number of nitrogens with zero attached hydrogens (tertiary/aromatic N) is 3. The first kappa shape index (κ1) is 20.6. The Morgan fingerprint density at radius 1 is 1.27 bits per heavy atom. The Bertz CT molecular complexity index is 1140. The third-order valence-electron chi connectivity index (χ3n) is 4.93. The van der Waals surface area contributed by atoms with Gasteiger partial charge in [-0.1, -0.05) is 17.7 Å². The van der Waals surface area contributed by atoms with Crippen LogP contribution in [0, 0.1) is 0 Å². The number of halogens is 1. The molecule has 4 rings (SSSR count). The van der Waals surface area contributed by atoms with E-state index in [1.165, 1.54) is 28.7 Å². The smallest absolute Gasteiger partial charge is 0.325 e. The van der Waals surface area contributed by atoms with Crippen molar-refractivity contribution in [3.63, 3.8) is 0 Å². The first-order chi connectivity index (χ1) is 14.4. The van der Waals surface area contributed by atoms with Crippen LogP contribution in [0.1, 0.15) is 15.2 Å². The monoisotopic (exact) mass is 462 g/mol. The van der Waals surface area contributed by atoms with Crippen LogP contribution in [0.25, 0.3) is 0 Å². The number of pyridine rings is 1. The summed E-state index contributed by atoms with van der Waals surface area (Å²) in [5.41, 5.74) is 0.898. The highest BCUT2D eigenvalue weighted by atomic mass is 35.5. The SMILES string of the molecule is CN1C(=O)N(c2cc(Cn3ccccc3=O)cs2)C[C@@H]1CNC(=O)c1ccc(Cl)s1. The molecular formula is C20H19ClN4O3S2. The van der Waals surface area contributed by atoms with Crippen molar-refractivity contribution < 1.29 is 9.59 Å². The van der Waals surface area contributed by atoms with E-state index in [1.54, 1.807) is 45.8 Å². The number of amides is 3. The molecule has 1 atom stereocenters. The molecule has 0 unspecified atom stereocenters.